The van der Waals surface area contributed by atoms with E-state index >= 15 is 0 Å². The summed E-state index contributed by atoms with van der Waals surface area (Å²) in [5, 5.41) is 6.51. The average Bonchev–Trinajstić information content (AvgIpc) is 2.48. The molecule has 22 heavy (non-hydrogen) atoms. The lowest BCUT2D eigenvalue weighted by molar-refractivity contribution is 0.179. The average molecular weight is 441 g/mol. The summed E-state index contributed by atoms with van der Waals surface area (Å²) in [6.07, 6.45) is 1.00. The van der Waals surface area contributed by atoms with Crippen LogP contribution in [0.4, 0.5) is 4.39 Å². The summed E-state index contributed by atoms with van der Waals surface area (Å²) in [4.78, 5) is 5.26. The molecule has 0 bridgehead atoms. The first-order valence-electron chi connectivity index (χ1n) is 7.00. The number of rotatable bonds is 8. The standard InChI is InChI=1S/C15H24FN3OS.HI/c1-12(11-20-3)19-15(17-2)18-9-4-10-21-14-7-5-13(16)6-8-14;/h5-8,12H,4,9-11H2,1-3H3,(H2,17,18,19);1H. The maximum atomic E-state index is 12.8. The molecule has 0 amide bonds. The number of ether oxygens (including phenoxy) is 1. The van der Waals surface area contributed by atoms with Crippen molar-refractivity contribution in [3.8, 4) is 0 Å². The molecular weight excluding hydrogens is 416 g/mol. The first kappa shape index (κ1) is 21.5. The van der Waals surface area contributed by atoms with E-state index in [-0.39, 0.29) is 35.8 Å². The predicted octanol–water partition coefficient (Wildman–Crippen LogP) is 3.13. The van der Waals surface area contributed by atoms with Gasteiger partial charge in [0.25, 0.3) is 0 Å². The summed E-state index contributed by atoms with van der Waals surface area (Å²) < 4.78 is 17.8. The Balaban J connectivity index is 0.00000441. The van der Waals surface area contributed by atoms with Gasteiger partial charge in [0.2, 0.25) is 0 Å². The molecule has 4 nitrogen and oxygen atoms in total. The molecule has 0 aliphatic rings. The van der Waals surface area contributed by atoms with Crippen LogP contribution in [0.2, 0.25) is 0 Å². The Morgan fingerprint density at radius 1 is 1.36 bits per heavy atom. The molecule has 1 aromatic rings. The van der Waals surface area contributed by atoms with Gasteiger partial charge in [-0.1, -0.05) is 0 Å². The highest BCUT2D eigenvalue weighted by atomic mass is 127. The van der Waals surface area contributed by atoms with Crippen LogP contribution in [0.5, 0.6) is 0 Å². The van der Waals surface area contributed by atoms with Crippen LogP contribution in [0.3, 0.4) is 0 Å². The third-order valence-corrected chi connectivity index (χ3v) is 3.82. The lowest BCUT2D eigenvalue weighted by Crippen LogP contribution is -2.44. The van der Waals surface area contributed by atoms with E-state index in [0.717, 1.165) is 29.6 Å². The van der Waals surface area contributed by atoms with Gasteiger partial charge in [-0.3, -0.25) is 4.99 Å². The molecule has 126 valence electrons. The lowest BCUT2D eigenvalue weighted by Gasteiger charge is -2.17. The molecule has 0 spiro atoms. The van der Waals surface area contributed by atoms with E-state index < -0.39 is 0 Å². The monoisotopic (exact) mass is 441 g/mol. The second kappa shape index (κ2) is 13.0. The zero-order valence-corrected chi connectivity index (χ0v) is 16.4. The molecule has 1 rings (SSSR count). The van der Waals surface area contributed by atoms with Crippen molar-refractivity contribution in [2.75, 3.05) is 33.1 Å². The van der Waals surface area contributed by atoms with E-state index in [4.69, 9.17) is 4.74 Å². The topological polar surface area (TPSA) is 45.7 Å². The van der Waals surface area contributed by atoms with Crippen LogP contribution in [-0.2, 0) is 4.74 Å². The fraction of sp³-hybridized carbons (Fsp3) is 0.533. The van der Waals surface area contributed by atoms with E-state index in [1.165, 1.54) is 12.1 Å². The number of nitrogens with zero attached hydrogens (tertiary/aromatic N) is 1. The molecule has 0 aliphatic carbocycles. The number of aliphatic imine (C=N–C) groups is 1. The third-order valence-electron chi connectivity index (χ3n) is 2.72. The van der Waals surface area contributed by atoms with E-state index in [1.54, 1.807) is 38.1 Å². The van der Waals surface area contributed by atoms with Crippen molar-refractivity contribution >= 4 is 41.7 Å². The summed E-state index contributed by atoms with van der Waals surface area (Å²) in [7, 11) is 3.43. The normalized spacial score (nSPS) is 12.5. The highest BCUT2D eigenvalue weighted by Gasteiger charge is 2.03. The quantitative estimate of drug-likeness (QED) is 0.214. The van der Waals surface area contributed by atoms with Crippen LogP contribution >= 0.6 is 35.7 Å². The van der Waals surface area contributed by atoms with E-state index in [0.29, 0.717) is 6.61 Å². The molecule has 0 saturated carbocycles. The minimum atomic E-state index is -0.193. The molecule has 2 N–H and O–H groups in total. The minimum Gasteiger partial charge on any atom is -0.383 e. The van der Waals surface area contributed by atoms with Gasteiger partial charge in [-0.2, -0.15) is 0 Å². The first-order valence-corrected chi connectivity index (χ1v) is 7.98. The fourth-order valence-corrected chi connectivity index (χ4v) is 2.57. The number of hydrogen-bond donors (Lipinski definition) is 2. The van der Waals surface area contributed by atoms with Crippen LogP contribution in [-0.4, -0.2) is 45.1 Å². The van der Waals surface area contributed by atoms with Gasteiger partial charge in [0, 0.05) is 31.6 Å². The van der Waals surface area contributed by atoms with Gasteiger partial charge in [-0.25, -0.2) is 4.39 Å². The summed E-state index contributed by atoms with van der Waals surface area (Å²) in [6, 6.07) is 6.81. The molecule has 0 aromatic heterocycles. The predicted molar refractivity (Wildman–Crippen MR) is 103 cm³/mol. The smallest absolute Gasteiger partial charge is 0.191 e. The second-order valence-corrected chi connectivity index (χ2v) is 5.82. The number of benzene rings is 1. The number of nitrogens with one attached hydrogen (secondary N) is 2. The fourth-order valence-electron chi connectivity index (χ4n) is 1.72. The summed E-state index contributed by atoms with van der Waals surface area (Å²) >= 11 is 1.72. The van der Waals surface area contributed by atoms with Crippen molar-refractivity contribution in [3.05, 3.63) is 30.1 Å². The van der Waals surface area contributed by atoms with Crippen LogP contribution in [0.1, 0.15) is 13.3 Å². The number of hydrogen-bond acceptors (Lipinski definition) is 3. The van der Waals surface area contributed by atoms with Crippen LogP contribution in [0, 0.1) is 5.82 Å². The van der Waals surface area contributed by atoms with Gasteiger partial charge in [-0.05, 0) is 43.4 Å². The molecule has 0 aliphatic heterocycles. The molecule has 0 heterocycles. The zero-order chi connectivity index (χ0) is 15.5. The van der Waals surface area contributed by atoms with Gasteiger partial charge < -0.3 is 15.4 Å². The molecule has 0 saturated heterocycles. The molecule has 0 fully saturated rings. The van der Waals surface area contributed by atoms with E-state index in [1.807, 2.05) is 6.92 Å². The van der Waals surface area contributed by atoms with E-state index in [2.05, 4.69) is 15.6 Å². The highest BCUT2D eigenvalue weighted by molar-refractivity contribution is 14.0. The van der Waals surface area contributed by atoms with Crippen LogP contribution in [0.25, 0.3) is 0 Å². The Morgan fingerprint density at radius 3 is 2.64 bits per heavy atom. The Morgan fingerprint density at radius 2 is 2.05 bits per heavy atom. The van der Waals surface area contributed by atoms with Gasteiger partial charge in [0.1, 0.15) is 5.82 Å². The number of halogens is 2. The Labute approximate surface area is 153 Å². The molecule has 1 atom stereocenters. The summed E-state index contributed by atoms with van der Waals surface area (Å²) in [5.41, 5.74) is 0. The molecule has 7 heteroatoms. The first-order chi connectivity index (χ1) is 10.2. The SMILES string of the molecule is CN=C(NCCCSc1ccc(F)cc1)NC(C)COC.I. The van der Waals surface area contributed by atoms with Gasteiger partial charge in [-0.15, -0.1) is 35.7 Å². The van der Waals surface area contributed by atoms with E-state index in [9.17, 15) is 4.39 Å². The van der Waals surface area contributed by atoms with Crippen molar-refractivity contribution in [3.63, 3.8) is 0 Å². The molecule has 1 aromatic carbocycles. The number of thioether (sulfide) groups is 1. The van der Waals surface area contributed by atoms with Crippen LogP contribution < -0.4 is 10.6 Å². The van der Waals surface area contributed by atoms with Crippen molar-refractivity contribution in [1.82, 2.24) is 10.6 Å². The summed E-state index contributed by atoms with van der Waals surface area (Å²) in [6.45, 7) is 3.52. The second-order valence-electron chi connectivity index (χ2n) is 4.66. The van der Waals surface area contributed by atoms with Crippen molar-refractivity contribution in [1.29, 1.82) is 0 Å². The van der Waals surface area contributed by atoms with Gasteiger partial charge >= 0.3 is 0 Å². The Kier molecular flexibility index (Phi) is 12.6. The van der Waals surface area contributed by atoms with Crippen LogP contribution in [0.15, 0.2) is 34.2 Å². The van der Waals surface area contributed by atoms with Gasteiger partial charge in [0.05, 0.1) is 6.61 Å². The molecular formula is C15H25FIN3OS. The van der Waals surface area contributed by atoms with Crippen molar-refractivity contribution < 1.29 is 9.13 Å². The lowest BCUT2D eigenvalue weighted by atomic mass is 10.3. The third kappa shape index (κ3) is 9.47. The van der Waals surface area contributed by atoms with Crippen molar-refractivity contribution in [2.24, 2.45) is 4.99 Å². The summed E-state index contributed by atoms with van der Waals surface area (Å²) in [5.74, 6) is 1.57. The maximum Gasteiger partial charge on any atom is 0.191 e. The zero-order valence-electron chi connectivity index (χ0n) is 13.3. The Hall–Kier alpha value is -0.540. The largest absolute Gasteiger partial charge is 0.383 e. The highest BCUT2D eigenvalue weighted by Crippen LogP contribution is 2.18. The maximum absolute atomic E-state index is 12.8. The number of methoxy groups -OCH3 is 1. The van der Waals surface area contributed by atoms with Crippen molar-refractivity contribution in [2.45, 2.75) is 24.3 Å². The minimum absolute atomic E-state index is 0. The van der Waals surface area contributed by atoms with Gasteiger partial charge in [0.15, 0.2) is 5.96 Å². The molecule has 1 unspecified atom stereocenters. The number of guanidine groups is 1. The Bertz CT molecular complexity index is 431. The molecule has 0 radical (unpaired) electrons.